The molecule has 0 saturated heterocycles. The Labute approximate surface area is 259 Å². The van der Waals surface area contributed by atoms with Gasteiger partial charge in [-0.25, -0.2) is 0 Å². The van der Waals surface area contributed by atoms with Crippen molar-refractivity contribution in [1.29, 1.82) is 0 Å². The largest absolute Gasteiger partial charge is 0.493 e. The summed E-state index contributed by atoms with van der Waals surface area (Å²) in [5.74, 6) is 5.95. The van der Waals surface area contributed by atoms with E-state index in [9.17, 15) is 0 Å². The van der Waals surface area contributed by atoms with Gasteiger partial charge in [-0.1, -0.05) is 18.2 Å². The molecule has 0 fully saturated rings. The summed E-state index contributed by atoms with van der Waals surface area (Å²) in [6, 6.07) is 21.7. The van der Waals surface area contributed by atoms with Gasteiger partial charge in [-0.05, 0) is 84.6 Å². The lowest BCUT2D eigenvalue weighted by molar-refractivity contribution is -0.923. The fraction of sp³-hybridized carbons (Fsp3) is 0.351. The van der Waals surface area contributed by atoms with Crippen molar-refractivity contribution >= 4 is 0 Å². The smallest absolute Gasteiger partial charge is 0.212 e. The lowest BCUT2D eigenvalue weighted by Gasteiger charge is -2.43. The van der Waals surface area contributed by atoms with Crippen LogP contribution in [0.15, 0.2) is 60.7 Å². The van der Waals surface area contributed by atoms with Crippen LogP contribution < -0.4 is 23.7 Å². The lowest BCUT2D eigenvalue weighted by Crippen LogP contribution is -2.48. The molecule has 0 spiro atoms. The third-order valence-corrected chi connectivity index (χ3v) is 10.2. The van der Waals surface area contributed by atoms with Crippen LogP contribution in [0.2, 0.25) is 0 Å². The number of quaternary nitrogens is 1. The fourth-order valence-electron chi connectivity index (χ4n) is 7.55. The van der Waals surface area contributed by atoms with Crippen LogP contribution in [0.3, 0.4) is 0 Å². The molecule has 0 radical (unpaired) electrons. The third kappa shape index (κ3) is 4.41. The van der Waals surface area contributed by atoms with Crippen molar-refractivity contribution in [2.24, 2.45) is 0 Å². The summed E-state index contributed by atoms with van der Waals surface area (Å²) in [6.45, 7) is 1.99. The van der Waals surface area contributed by atoms with Gasteiger partial charge in [0.2, 0.25) is 5.75 Å². The first-order valence-corrected chi connectivity index (χ1v) is 15.5. The second-order valence-corrected chi connectivity index (χ2v) is 13.2. The van der Waals surface area contributed by atoms with Gasteiger partial charge in [0.25, 0.3) is 0 Å². The van der Waals surface area contributed by atoms with E-state index in [-0.39, 0.29) is 12.1 Å². The highest BCUT2D eigenvalue weighted by atomic mass is 16.6. The van der Waals surface area contributed by atoms with Gasteiger partial charge in [-0.15, -0.1) is 0 Å². The number of nitrogens with zero attached hydrogens (tertiary/aromatic N) is 2. The molecule has 5 heterocycles. The molecule has 0 N–H and O–H groups in total. The Morgan fingerprint density at radius 3 is 2.27 bits per heavy atom. The van der Waals surface area contributed by atoms with E-state index in [1.807, 2.05) is 6.07 Å². The van der Waals surface area contributed by atoms with Gasteiger partial charge in [0.05, 0.1) is 34.9 Å². The molecule has 7 bridgehead atoms. The molecular weight excluding hydrogens is 552 g/mol. The van der Waals surface area contributed by atoms with Crippen molar-refractivity contribution in [2.75, 3.05) is 48.5 Å². The summed E-state index contributed by atoms with van der Waals surface area (Å²) in [6.07, 6.45) is 3.58. The summed E-state index contributed by atoms with van der Waals surface area (Å²) in [4.78, 5) is 2.43. The minimum atomic E-state index is 0.118. The molecule has 5 aliphatic rings. The average Bonchev–Trinajstić information content (AvgIpc) is 3.02. The Morgan fingerprint density at radius 2 is 1.48 bits per heavy atom. The molecule has 0 saturated carbocycles. The van der Waals surface area contributed by atoms with Crippen LogP contribution in [-0.4, -0.2) is 57.8 Å². The van der Waals surface area contributed by atoms with Crippen LogP contribution in [-0.2, 0) is 25.7 Å². The number of rotatable bonds is 2. The van der Waals surface area contributed by atoms with E-state index in [0.717, 1.165) is 83.5 Å². The second-order valence-electron chi connectivity index (χ2n) is 13.2. The molecule has 226 valence electrons. The SMILES string of the molecule is COc1ccc2cc1Oc1ccc(cc1)C[C@@H]1c3c(cc(OC)c4c3Oc3cc5c(cc3O4)CC[N+](C)(C)[C@H]5C2)CCN1C. The van der Waals surface area contributed by atoms with E-state index >= 15 is 0 Å². The zero-order valence-electron chi connectivity index (χ0n) is 26.1. The van der Waals surface area contributed by atoms with E-state index in [1.54, 1.807) is 14.2 Å². The molecule has 7 nitrogen and oxygen atoms in total. The molecule has 5 aliphatic heterocycles. The van der Waals surface area contributed by atoms with E-state index in [4.69, 9.17) is 23.7 Å². The van der Waals surface area contributed by atoms with Crippen LogP contribution in [0.4, 0.5) is 0 Å². The molecule has 0 unspecified atom stereocenters. The van der Waals surface area contributed by atoms with Gasteiger partial charge in [-0.2, -0.15) is 0 Å². The van der Waals surface area contributed by atoms with E-state index < -0.39 is 0 Å². The number of hydrogen-bond acceptors (Lipinski definition) is 6. The molecule has 2 atom stereocenters. The van der Waals surface area contributed by atoms with Gasteiger partial charge in [0.15, 0.2) is 34.5 Å². The summed E-state index contributed by atoms with van der Waals surface area (Å²) in [5, 5.41) is 0. The number of hydrogen-bond donors (Lipinski definition) is 0. The highest BCUT2D eigenvalue weighted by molar-refractivity contribution is 5.67. The number of benzene rings is 4. The van der Waals surface area contributed by atoms with Crippen molar-refractivity contribution in [3.05, 3.63) is 94.0 Å². The van der Waals surface area contributed by atoms with E-state index in [2.05, 4.69) is 80.6 Å². The number of fused-ring (bicyclic) bond motifs is 2. The molecule has 7 heteroatoms. The Kier molecular flexibility index (Phi) is 6.33. The molecule has 0 aliphatic carbocycles. The molecule has 0 amide bonds. The van der Waals surface area contributed by atoms with Crippen LogP contribution in [0, 0.1) is 0 Å². The number of methoxy groups -OCH3 is 2. The van der Waals surface area contributed by atoms with Crippen molar-refractivity contribution < 1.29 is 28.2 Å². The van der Waals surface area contributed by atoms with E-state index in [0.29, 0.717) is 5.75 Å². The minimum absolute atomic E-state index is 0.118. The monoisotopic (exact) mass is 591 g/mol. The number of likely N-dealkylation sites (N-methyl/N-ethyl adjacent to an activating group) is 2. The molecular formula is C37H39N2O5+. The predicted molar refractivity (Wildman–Crippen MR) is 169 cm³/mol. The minimum Gasteiger partial charge on any atom is -0.493 e. The molecule has 4 aromatic rings. The van der Waals surface area contributed by atoms with Crippen LogP contribution >= 0.6 is 0 Å². The van der Waals surface area contributed by atoms with Crippen molar-refractivity contribution in [1.82, 2.24) is 4.90 Å². The second kappa shape index (κ2) is 10.2. The maximum Gasteiger partial charge on any atom is 0.212 e. The first-order valence-electron chi connectivity index (χ1n) is 15.5. The Bertz CT molecular complexity index is 1780. The first kappa shape index (κ1) is 27.4. The molecule has 44 heavy (non-hydrogen) atoms. The van der Waals surface area contributed by atoms with Crippen LogP contribution in [0.1, 0.15) is 45.5 Å². The lowest BCUT2D eigenvalue weighted by atomic mass is 9.86. The topological polar surface area (TPSA) is 49.4 Å². The number of ether oxygens (including phenoxy) is 5. The van der Waals surface area contributed by atoms with Crippen molar-refractivity contribution in [2.45, 2.75) is 37.8 Å². The van der Waals surface area contributed by atoms with Gasteiger partial charge in [-0.3, -0.25) is 4.90 Å². The standard InChI is InChI=1S/C37H39N2O5/c1-38-14-12-25-20-34(41-5)36-37-35(25)28(38)16-22-6-9-26(10-7-22)42-31-18-23(8-11-30(31)40-4)17-29-27-21-33(44-37)32(43-36)19-24(27)13-15-39(29,2)3/h6-11,18-21,28-29H,12-17H2,1-5H3/q+1/t28-,29+/m1/s1. The molecule has 9 rings (SSSR count). The van der Waals surface area contributed by atoms with Gasteiger partial charge in [0.1, 0.15) is 11.8 Å². The maximum atomic E-state index is 6.95. The van der Waals surface area contributed by atoms with Gasteiger partial charge >= 0.3 is 0 Å². The summed E-state index contributed by atoms with van der Waals surface area (Å²) in [7, 11) is 10.3. The van der Waals surface area contributed by atoms with Crippen LogP contribution in [0.5, 0.6) is 46.0 Å². The zero-order valence-corrected chi connectivity index (χ0v) is 26.1. The highest BCUT2D eigenvalue weighted by Gasteiger charge is 2.40. The Morgan fingerprint density at radius 1 is 0.727 bits per heavy atom. The fourth-order valence-corrected chi connectivity index (χ4v) is 7.55. The summed E-state index contributed by atoms with van der Waals surface area (Å²) >= 11 is 0. The quantitative estimate of drug-likeness (QED) is 0.200. The van der Waals surface area contributed by atoms with E-state index in [1.165, 1.54) is 33.4 Å². The van der Waals surface area contributed by atoms with Gasteiger partial charge in [0, 0.05) is 36.6 Å². The van der Waals surface area contributed by atoms with Gasteiger partial charge < -0.3 is 28.2 Å². The Balaban J connectivity index is 1.34. The zero-order chi connectivity index (χ0) is 30.2. The molecule has 4 aromatic carbocycles. The highest BCUT2D eigenvalue weighted by Crippen LogP contribution is 2.57. The normalized spacial score (nSPS) is 20.9. The predicted octanol–water partition coefficient (Wildman–Crippen LogP) is 7.40. The third-order valence-electron chi connectivity index (χ3n) is 10.2. The molecule has 0 aromatic heterocycles. The van der Waals surface area contributed by atoms with Crippen LogP contribution in [0.25, 0.3) is 0 Å². The summed E-state index contributed by atoms with van der Waals surface area (Å²) < 4.78 is 32.6. The Hall–Kier alpha value is -4.20. The average molecular weight is 592 g/mol. The van der Waals surface area contributed by atoms with Crippen molar-refractivity contribution in [3.63, 3.8) is 0 Å². The maximum absolute atomic E-state index is 6.95. The first-order chi connectivity index (χ1) is 21.3. The summed E-state index contributed by atoms with van der Waals surface area (Å²) in [5.41, 5.74) is 7.49. The van der Waals surface area contributed by atoms with Crippen molar-refractivity contribution in [3.8, 4) is 46.0 Å².